The number of rotatable bonds is 10. The van der Waals surface area contributed by atoms with E-state index in [9.17, 15) is 14.0 Å². The van der Waals surface area contributed by atoms with E-state index >= 15 is 0 Å². The number of aryl methyl sites for hydroxylation is 1. The highest BCUT2D eigenvalue weighted by Gasteiger charge is 2.26. The highest BCUT2D eigenvalue weighted by atomic mass is 32.2. The Morgan fingerprint density at radius 2 is 1.60 bits per heavy atom. The van der Waals surface area contributed by atoms with Gasteiger partial charge in [0, 0.05) is 18.8 Å². The zero-order valence-electron chi connectivity index (χ0n) is 18.2. The molecule has 0 spiro atoms. The molecule has 0 aromatic heterocycles. The van der Waals surface area contributed by atoms with Crippen LogP contribution in [0.25, 0.3) is 0 Å². The zero-order valence-corrected chi connectivity index (χ0v) is 19.0. The maximum Gasteiger partial charge on any atom is 0.242 e. The van der Waals surface area contributed by atoms with Crippen LogP contribution in [0.4, 0.5) is 4.39 Å². The second-order valence-corrected chi connectivity index (χ2v) is 8.93. The van der Waals surface area contributed by atoms with Gasteiger partial charge in [0.05, 0.1) is 5.75 Å². The van der Waals surface area contributed by atoms with Gasteiger partial charge in [-0.25, -0.2) is 4.39 Å². The van der Waals surface area contributed by atoms with Gasteiger partial charge in [0.25, 0.3) is 0 Å². The fraction of sp³-hybridized carbons (Fsp3) is 0.417. The van der Waals surface area contributed by atoms with Crippen molar-refractivity contribution in [3.8, 4) is 0 Å². The van der Waals surface area contributed by atoms with E-state index in [-0.39, 0.29) is 23.4 Å². The van der Waals surface area contributed by atoms with Gasteiger partial charge in [0.2, 0.25) is 11.8 Å². The zero-order chi connectivity index (χ0) is 22.1. The summed E-state index contributed by atoms with van der Waals surface area (Å²) in [7, 11) is 0. The minimum Gasteiger partial charge on any atom is -0.354 e. The molecule has 0 aliphatic rings. The van der Waals surface area contributed by atoms with Gasteiger partial charge in [-0.15, -0.1) is 11.8 Å². The lowest BCUT2D eigenvalue weighted by atomic mass is 10.1. The Morgan fingerprint density at radius 3 is 2.20 bits per heavy atom. The number of benzene rings is 2. The van der Waals surface area contributed by atoms with Gasteiger partial charge in [-0.05, 0) is 43.0 Å². The molecule has 0 saturated carbocycles. The van der Waals surface area contributed by atoms with E-state index in [4.69, 9.17) is 0 Å². The molecule has 0 saturated heterocycles. The Labute approximate surface area is 183 Å². The maximum absolute atomic E-state index is 13.0. The van der Waals surface area contributed by atoms with E-state index in [1.165, 1.54) is 23.9 Å². The van der Waals surface area contributed by atoms with Crippen molar-refractivity contribution in [2.75, 3.05) is 12.3 Å². The molecule has 0 fully saturated rings. The molecule has 162 valence electrons. The average Bonchev–Trinajstić information content (AvgIpc) is 2.72. The average molecular weight is 431 g/mol. The quantitative estimate of drug-likeness (QED) is 0.601. The van der Waals surface area contributed by atoms with Crippen LogP contribution in [0, 0.1) is 18.7 Å². The first kappa shape index (κ1) is 23.9. The summed E-state index contributed by atoms with van der Waals surface area (Å²) in [5.74, 6) is 0.699. The predicted octanol–water partition coefficient (Wildman–Crippen LogP) is 4.56. The topological polar surface area (TPSA) is 49.4 Å². The number of amides is 2. The van der Waals surface area contributed by atoms with Crippen molar-refractivity contribution in [2.45, 2.75) is 46.0 Å². The lowest BCUT2D eigenvalue weighted by Crippen LogP contribution is -2.48. The van der Waals surface area contributed by atoms with E-state index < -0.39 is 6.04 Å². The number of hydrogen-bond acceptors (Lipinski definition) is 3. The number of carbonyl (C=O) groups is 2. The first-order valence-corrected chi connectivity index (χ1v) is 11.4. The van der Waals surface area contributed by atoms with Crippen LogP contribution in [0.3, 0.4) is 0 Å². The molecule has 1 N–H and O–H groups in total. The van der Waals surface area contributed by atoms with Gasteiger partial charge in [-0.2, -0.15) is 0 Å². The summed E-state index contributed by atoms with van der Waals surface area (Å²) in [5, 5.41) is 2.92. The third kappa shape index (κ3) is 7.82. The van der Waals surface area contributed by atoms with Crippen molar-refractivity contribution in [2.24, 2.45) is 5.92 Å². The van der Waals surface area contributed by atoms with Crippen LogP contribution in [0.2, 0.25) is 0 Å². The van der Waals surface area contributed by atoms with Crippen LogP contribution < -0.4 is 5.32 Å². The van der Waals surface area contributed by atoms with Gasteiger partial charge < -0.3 is 10.2 Å². The Balaban J connectivity index is 2.04. The highest BCUT2D eigenvalue weighted by molar-refractivity contribution is 7.99. The number of halogens is 1. The van der Waals surface area contributed by atoms with Crippen LogP contribution in [0.15, 0.2) is 48.5 Å². The lowest BCUT2D eigenvalue weighted by molar-refractivity contribution is -0.138. The monoisotopic (exact) mass is 430 g/mol. The molecule has 1 atom stereocenters. The summed E-state index contributed by atoms with van der Waals surface area (Å²) in [4.78, 5) is 27.3. The summed E-state index contributed by atoms with van der Waals surface area (Å²) >= 11 is 1.46. The number of thioether (sulfide) groups is 1. The van der Waals surface area contributed by atoms with Crippen molar-refractivity contribution < 1.29 is 14.0 Å². The second-order valence-electron chi connectivity index (χ2n) is 7.94. The van der Waals surface area contributed by atoms with Crippen LogP contribution in [0.5, 0.6) is 0 Å². The predicted molar refractivity (Wildman–Crippen MR) is 122 cm³/mol. The number of nitrogens with one attached hydrogen (secondary N) is 1. The Bertz CT molecular complexity index is 822. The molecular formula is C24H31FN2O2S. The third-order valence-corrected chi connectivity index (χ3v) is 5.72. The Kier molecular flexibility index (Phi) is 9.37. The van der Waals surface area contributed by atoms with E-state index in [2.05, 4.69) is 5.32 Å². The van der Waals surface area contributed by atoms with Gasteiger partial charge in [-0.1, -0.05) is 55.8 Å². The minimum atomic E-state index is -0.566. The highest BCUT2D eigenvalue weighted by Crippen LogP contribution is 2.17. The van der Waals surface area contributed by atoms with Crippen LogP contribution in [-0.4, -0.2) is 35.1 Å². The summed E-state index contributed by atoms with van der Waals surface area (Å²) in [6.45, 7) is 8.81. The van der Waals surface area contributed by atoms with Crippen molar-refractivity contribution in [1.82, 2.24) is 10.2 Å². The molecule has 0 aliphatic carbocycles. The molecule has 0 heterocycles. The molecule has 0 unspecified atom stereocenters. The molecule has 0 aliphatic heterocycles. The molecule has 30 heavy (non-hydrogen) atoms. The van der Waals surface area contributed by atoms with E-state index in [0.29, 0.717) is 24.8 Å². The standard InChI is InChI=1S/C24H31FN2O2S/c1-17(2)13-26-24(29)19(4)27(14-20-7-5-18(3)6-8-20)23(28)16-30-15-21-9-11-22(25)12-10-21/h5-12,17,19H,13-16H2,1-4H3,(H,26,29)/t19-/m0/s1. The largest absolute Gasteiger partial charge is 0.354 e. The van der Waals surface area contributed by atoms with Gasteiger partial charge in [0.15, 0.2) is 0 Å². The minimum absolute atomic E-state index is 0.0881. The van der Waals surface area contributed by atoms with E-state index in [1.807, 2.05) is 45.0 Å². The first-order chi connectivity index (χ1) is 14.3. The smallest absolute Gasteiger partial charge is 0.242 e. The summed E-state index contributed by atoms with van der Waals surface area (Å²) in [5.41, 5.74) is 3.09. The Hall–Kier alpha value is -2.34. The van der Waals surface area contributed by atoms with Crippen molar-refractivity contribution in [1.29, 1.82) is 0 Å². The number of nitrogens with zero attached hydrogens (tertiary/aromatic N) is 1. The number of carbonyl (C=O) groups excluding carboxylic acids is 2. The molecule has 2 rings (SSSR count). The van der Waals surface area contributed by atoms with Crippen molar-refractivity contribution >= 4 is 23.6 Å². The molecule has 2 amide bonds. The first-order valence-electron chi connectivity index (χ1n) is 10.2. The van der Waals surface area contributed by atoms with Gasteiger partial charge in [0.1, 0.15) is 11.9 Å². The lowest BCUT2D eigenvalue weighted by Gasteiger charge is -2.29. The van der Waals surface area contributed by atoms with Crippen LogP contribution in [-0.2, 0) is 21.9 Å². The molecule has 0 radical (unpaired) electrons. The molecule has 2 aromatic carbocycles. The fourth-order valence-corrected chi connectivity index (χ4v) is 3.72. The Morgan fingerprint density at radius 1 is 1.00 bits per heavy atom. The maximum atomic E-state index is 13.0. The number of hydrogen-bond donors (Lipinski definition) is 1. The van der Waals surface area contributed by atoms with Gasteiger partial charge in [-0.3, -0.25) is 9.59 Å². The van der Waals surface area contributed by atoms with E-state index in [0.717, 1.165) is 16.7 Å². The molecule has 4 nitrogen and oxygen atoms in total. The van der Waals surface area contributed by atoms with E-state index in [1.54, 1.807) is 24.0 Å². The summed E-state index contributed by atoms with van der Waals surface area (Å²) in [6, 6.07) is 13.7. The summed E-state index contributed by atoms with van der Waals surface area (Å²) < 4.78 is 13.0. The third-order valence-electron chi connectivity index (χ3n) is 4.73. The summed E-state index contributed by atoms with van der Waals surface area (Å²) in [6.07, 6.45) is 0. The molecule has 0 bridgehead atoms. The molecule has 2 aromatic rings. The second kappa shape index (κ2) is 11.7. The molecular weight excluding hydrogens is 399 g/mol. The van der Waals surface area contributed by atoms with Crippen LogP contribution in [0.1, 0.15) is 37.5 Å². The van der Waals surface area contributed by atoms with Crippen LogP contribution >= 0.6 is 11.8 Å². The van der Waals surface area contributed by atoms with Gasteiger partial charge >= 0.3 is 0 Å². The van der Waals surface area contributed by atoms with Crippen molar-refractivity contribution in [3.05, 3.63) is 71.0 Å². The fourth-order valence-electron chi connectivity index (χ4n) is 2.84. The molecule has 6 heteroatoms. The normalized spacial score (nSPS) is 11.9. The SMILES string of the molecule is Cc1ccc(CN(C(=O)CSCc2ccc(F)cc2)[C@@H](C)C(=O)NCC(C)C)cc1. The van der Waals surface area contributed by atoms with Crippen molar-refractivity contribution in [3.63, 3.8) is 0 Å².